The Labute approximate surface area is 114 Å². The summed E-state index contributed by atoms with van der Waals surface area (Å²) in [6, 6.07) is 3.82. The van der Waals surface area contributed by atoms with Gasteiger partial charge in [0.1, 0.15) is 0 Å². The van der Waals surface area contributed by atoms with Crippen molar-refractivity contribution < 1.29 is 19.4 Å². The molecule has 0 bridgehead atoms. The van der Waals surface area contributed by atoms with Crippen LogP contribution in [0.15, 0.2) is 12.1 Å². The van der Waals surface area contributed by atoms with E-state index in [9.17, 15) is 9.90 Å². The van der Waals surface area contributed by atoms with Crippen molar-refractivity contribution in [3.05, 3.63) is 34.4 Å². The summed E-state index contributed by atoms with van der Waals surface area (Å²) in [6.45, 7) is 6.84. The number of carboxylic acids is 1. The van der Waals surface area contributed by atoms with Crippen molar-refractivity contribution >= 4 is 5.97 Å². The Morgan fingerprint density at radius 1 is 1.11 bits per heavy atom. The number of hydrogen-bond donors (Lipinski definition) is 1. The van der Waals surface area contributed by atoms with Gasteiger partial charge in [0.2, 0.25) is 0 Å². The SMILES string of the molecule is COCc1cc(C(C)(C)C)cc(COC)c1C(=O)O. The molecule has 0 aliphatic heterocycles. The molecule has 4 heteroatoms. The van der Waals surface area contributed by atoms with Gasteiger partial charge in [-0.3, -0.25) is 0 Å². The number of ether oxygens (including phenoxy) is 2. The van der Waals surface area contributed by atoms with Gasteiger partial charge in [-0.1, -0.05) is 32.9 Å². The molecule has 0 aliphatic carbocycles. The van der Waals surface area contributed by atoms with Gasteiger partial charge < -0.3 is 14.6 Å². The predicted molar refractivity (Wildman–Crippen MR) is 73.5 cm³/mol. The van der Waals surface area contributed by atoms with Crippen LogP contribution in [-0.2, 0) is 28.1 Å². The number of carboxylic acid groups (broad SMARTS) is 1. The Morgan fingerprint density at radius 2 is 1.53 bits per heavy atom. The van der Waals surface area contributed by atoms with E-state index in [0.717, 1.165) is 5.56 Å². The highest BCUT2D eigenvalue weighted by Gasteiger charge is 2.21. The molecule has 106 valence electrons. The van der Waals surface area contributed by atoms with E-state index in [-0.39, 0.29) is 24.2 Å². The van der Waals surface area contributed by atoms with Gasteiger partial charge in [0, 0.05) is 14.2 Å². The van der Waals surface area contributed by atoms with Crippen LogP contribution in [0, 0.1) is 0 Å². The quantitative estimate of drug-likeness (QED) is 0.890. The zero-order chi connectivity index (χ0) is 14.6. The summed E-state index contributed by atoms with van der Waals surface area (Å²) in [5.74, 6) is -0.945. The summed E-state index contributed by atoms with van der Waals surface area (Å²) in [7, 11) is 3.12. The molecule has 0 atom stereocenters. The van der Waals surface area contributed by atoms with Gasteiger partial charge in [-0.2, -0.15) is 0 Å². The van der Waals surface area contributed by atoms with Crippen LogP contribution in [-0.4, -0.2) is 25.3 Å². The number of carbonyl (C=O) groups is 1. The van der Waals surface area contributed by atoms with E-state index in [1.54, 1.807) is 14.2 Å². The molecule has 0 fully saturated rings. The Morgan fingerprint density at radius 3 is 1.79 bits per heavy atom. The Bertz CT molecular complexity index is 431. The second-order valence-corrected chi connectivity index (χ2v) is 5.59. The Balaban J connectivity index is 3.47. The normalized spacial score (nSPS) is 11.6. The van der Waals surface area contributed by atoms with Crippen LogP contribution in [0.2, 0.25) is 0 Å². The number of rotatable bonds is 5. The first-order valence-corrected chi connectivity index (χ1v) is 6.18. The van der Waals surface area contributed by atoms with Gasteiger partial charge in [-0.05, 0) is 22.1 Å². The first kappa shape index (κ1) is 15.7. The molecule has 19 heavy (non-hydrogen) atoms. The van der Waals surface area contributed by atoms with Crippen molar-refractivity contribution in [1.82, 2.24) is 0 Å². The van der Waals surface area contributed by atoms with E-state index in [1.807, 2.05) is 12.1 Å². The van der Waals surface area contributed by atoms with Crippen molar-refractivity contribution in [2.45, 2.75) is 39.4 Å². The summed E-state index contributed by atoms with van der Waals surface area (Å²) in [6.07, 6.45) is 0. The molecule has 1 aromatic carbocycles. The monoisotopic (exact) mass is 266 g/mol. The molecular formula is C15H22O4. The van der Waals surface area contributed by atoms with Crippen molar-refractivity contribution in [3.63, 3.8) is 0 Å². The summed E-state index contributed by atoms with van der Waals surface area (Å²) in [5, 5.41) is 9.38. The van der Waals surface area contributed by atoms with Crippen LogP contribution in [0.3, 0.4) is 0 Å². The molecular weight excluding hydrogens is 244 g/mol. The second kappa shape index (κ2) is 6.17. The fourth-order valence-electron chi connectivity index (χ4n) is 2.01. The molecule has 0 heterocycles. The third-order valence-electron chi connectivity index (χ3n) is 2.98. The molecule has 1 N–H and O–H groups in total. The number of aromatic carboxylic acids is 1. The zero-order valence-electron chi connectivity index (χ0n) is 12.2. The molecule has 0 aromatic heterocycles. The van der Waals surface area contributed by atoms with E-state index in [4.69, 9.17) is 9.47 Å². The predicted octanol–water partition coefficient (Wildman–Crippen LogP) is 2.98. The van der Waals surface area contributed by atoms with Crippen molar-refractivity contribution in [2.75, 3.05) is 14.2 Å². The van der Waals surface area contributed by atoms with Gasteiger partial charge in [0.15, 0.2) is 0 Å². The summed E-state index contributed by atoms with van der Waals surface area (Å²) < 4.78 is 10.2. The van der Waals surface area contributed by atoms with E-state index in [1.165, 1.54) is 0 Å². The maximum atomic E-state index is 11.4. The average molecular weight is 266 g/mol. The first-order chi connectivity index (χ1) is 8.81. The van der Waals surface area contributed by atoms with Gasteiger partial charge >= 0.3 is 5.97 Å². The Kier molecular flexibility index (Phi) is 5.09. The molecule has 0 aliphatic rings. The van der Waals surface area contributed by atoms with Gasteiger partial charge in [-0.15, -0.1) is 0 Å². The van der Waals surface area contributed by atoms with Crippen LogP contribution in [0.1, 0.15) is 47.8 Å². The maximum absolute atomic E-state index is 11.4. The van der Waals surface area contributed by atoms with E-state index < -0.39 is 5.97 Å². The Hall–Kier alpha value is -1.39. The largest absolute Gasteiger partial charge is 0.478 e. The number of methoxy groups -OCH3 is 2. The minimum atomic E-state index is -0.945. The minimum Gasteiger partial charge on any atom is -0.478 e. The van der Waals surface area contributed by atoms with Crippen molar-refractivity contribution in [3.8, 4) is 0 Å². The van der Waals surface area contributed by atoms with Crippen LogP contribution >= 0.6 is 0 Å². The highest BCUT2D eigenvalue weighted by molar-refractivity contribution is 5.91. The van der Waals surface area contributed by atoms with E-state index in [0.29, 0.717) is 11.1 Å². The van der Waals surface area contributed by atoms with Gasteiger partial charge in [0.05, 0.1) is 18.8 Å². The lowest BCUT2D eigenvalue weighted by atomic mass is 9.83. The summed E-state index contributed by atoms with van der Waals surface area (Å²) in [5.41, 5.74) is 2.69. The molecule has 0 spiro atoms. The highest BCUT2D eigenvalue weighted by Crippen LogP contribution is 2.28. The smallest absolute Gasteiger partial charge is 0.336 e. The molecule has 0 radical (unpaired) electrons. The molecule has 0 saturated heterocycles. The van der Waals surface area contributed by atoms with Gasteiger partial charge in [0.25, 0.3) is 0 Å². The molecule has 0 saturated carbocycles. The zero-order valence-corrected chi connectivity index (χ0v) is 12.2. The third kappa shape index (κ3) is 3.78. The number of hydrogen-bond acceptors (Lipinski definition) is 3. The fraction of sp³-hybridized carbons (Fsp3) is 0.533. The molecule has 1 aromatic rings. The standard InChI is InChI=1S/C15H22O4/c1-15(2,3)12-6-10(8-18-4)13(14(16)17)11(7-12)9-19-5/h6-7H,8-9H2,1-5H3,(H,16,17). The molecule has 0 amide bonds. The molecule has 4 nitrogen and oxygen atoms in total. The highest BCUT2D eigenvalue weighted by atomic mass is 16.5. The lowest BCUT2D eigenvalue weighted by molar-refractivity contribution is 0.0686. The van der Waals surface area contributed by atoms with Crippen LogP contribution in [0.4, 0.5) is 0 Å². The van der Waals surface area contributed by atoms with Crippen molar-refractivity contribution in [1.29, 1.82) is 0 Å². The average Bonchev–Trinajstić information content (AvgIpc) is 2.27. The number of benzene rings is 1. The van der Waals surface area contributed by atoms with Crippen LogP contribution in [0.25, 0.3) is 0 Å². The van der Waals surface area contributed by atoms with Crippen LogP contribution < -0.4 is 0 Å². The topological polar surface area (TPSA) is 55.8 Å². The summed E-state index contributed by atoms with van der Waals surface area (Å²) in [4.78, 5) is 11.4. The van der Waals surface area contributed by atoms with Crippen molar-refractivity contribution in [2.24, 2.45) is 0 Å². The lowest BCUT2D eigenvalue weighted by Crippen LogP contribution is -2.16. The van der Waals surface area contributed by atoms with E-state index in [2.05, 4.69) is 20.8 Å². The maximum Gasteiger partial charge on any atom is 0.336 e. The fourth-order valence-corrected chi connectivity index (χ4v) is 2.01. The first-order valence-electron chi connectivity index (χ1n) is 6.18. The van der Waals surface area contributed by atoms with Gasteiger partial charge in [-0.25, -0.2) is 4.79 Å². The second-order valence-electron chi connectivity index (χ2n) is 5.59. The summed E-state index contributed by atoms with van der Waals surface area (Å²) >= 11 is 0. The molecule has 0 unspecified atom stereocenters. The lowest BCUT2D eigenvalue weighted by Gasteiger charge is -2.23. The molecule has 1 rings (SSSR count). The third-order valence-corrected chi connectivity index (χ3v) is 2.98. The van der Waals surface area contributed by atoms with E-state index >= 15 is 0 Å². The minimum absolute atomic E-state index is 0.0536. The van der Waals surface area contributed by atoms with Crippen LogP contribution in [0.5, 0.6) is 0 Å².